The van der Waals surface area contributed by atoms with Crippen LogP contribution in [0.25, 0.3) is 5.57 Å². The fraction of sp³-hybridized carbons (Fsp3) is 0.526. The van der Waals surface area contributed by atoms with Gasteiger partial charge < -0.3 is 19.5 Å². The number of allylic oxidation sites excluding steroid dienone is 1. The van der Waals surface area contributed by atoms with Crippen molar-refractivity contribution in [2.75, 3.05) is 27.4 Å². The molecular formula is C19H27NO4. The van der Waals surface area contributed by atoms with E-state index in [2.05, 4.69) is 0 Å². The molecule has 0 bridgehead atoms. The molecule has 0 spiro atoms. The van der Waals surface area contributed by atoms with Crippen molar-refractivity contribution >= 4 is 11.5 Å². The lowest BCUT2D eigenvalue weighted by molar-refractivity contribution is -0.129. The van der Waals surface area contributed by atoms with E-state index in [1.54, 1.807) is 20.3 Å². The van der Waals surface area contributed by atoms with E-state index in [0.717, 1.165) is 36.9 Å². The zero-order valence-electron chi connectivity index (χ0n) is 14.7. The normalized spacial score (nSPS) is 18.4. The minimum atomic E-state index is 0.00326. The highest BCUT2D eigenvalue weighted by molar-refractivity contribution is 5.95. The molecule has 1 unspecified atom stereocenters. The number of hydrogen-bond donors (Lipinski definition) is 1. The highest BCUT2D eigenvalue weighted by Gasteiger charge is 2.25. The molecule has 1 saturated heterocycles. The summed E-state index contributed by atoms with van der Waals surface area (Å²) in [6.07, 6.45) is 5.41. The number of nitrogens with zero attached hydrogens (tertiary/aromatic N) is 1. The van der Waals surface area contributed by atoms with Crippen LogP contribution >= 0.6 is 0 Å². The predicted molar refractivity (Wildman–Crippen MR) is 94.3 cm³/mol. The van der Waals surface area contributed by atoms with Gasteiger partial charge in [-0.15, -0.1) is 0 Å². The zero-order chi connectivity index (χ0) is 17.5. The van der Waals surface area contributed by atoms with E-state index in [-0.39, 0.29) is 18.6 Å². The molecule has 0 saturated carbocycles. The highest BCUT2D eigenvalue weighted by Crippen LogP contribution is 2.30. The molecule has 0 radical (unpaired) electrons. The molecule has 5 nitrogen and oxygen atoms in total. The Hall–Kier alpha value is -2.01. The molecule has 1 aromatic rings. The van der Waals surface area contributed by atoms with Crippen molar-refractivity contribution in [2.45, 2.75) is 38.6 Å². The van der Waals surface area contributed by atoms with Gasteiger partial charge in [0.2, 0.25) is 5.91 Å². The van der Waals surface area contributed by atoms with Crippen molar-refractivity contribution in [2.24, 2.45) is 0 Å². The van der Waals surface area contributed by atoms with Gasteiger partial charge in [0.25, 0.3) is 0 Å². The van der Waals surface area contributed by atoms with Crippen molar-refractivity contribution in [3.8, 4) is 11.5 Å². The minimum absolute atomic E-state index is 0.00326. The third-order valence-electron chi connectivity index (χ3n) is 4.55. The second kappa shape index (κ2) is 8.73. The molecule has 0 aliphatic carbocycles. The van der Waals surface area contributed by atoms with Gasteiger partial charge in [0.15, 0.2) is 0 Å². The lowest BCUT2D eigenvalue weighted by Gasteiger charge is -2.35. The number of carbonyl (C=O) groups excluding carboxylic acids is 1. The van der Waals surface area contributed by atoms with Crippen molar-refractivity contribution in [3.63, 3.8) is 0 Å². The number of benzene rings is 1. The topological polar surface area (TPSA) is 59.0 Å². The number of piperidine rings is 1. The van der Waals surface area contributed by atoms with E-state index in [1.165, 1.54) is 0 Å². The van der Waals surface area contributed by atoms with Crippen molar-refractivity contribution in [3.05, 3.63) is 29.8 Å². The Labute approximate surface area is 143 Å². The molecule has 5 heteroatoms. The largest absolute Gasteiger partial charge is 0.497 e. The van der Waals surface area contributed by atoms with Crippen LogP contribution in [0.1, 0.15) is 38.2 Å². The number of carbonyl (C=O) groups is 1. The van der Waals surface area contributed by atoms with E-state index < -0.39 is 0 Å². The molecule has 1 heterocycles. The third-order valence-corrected chi connectivity index (χ3v) is 4.55. The van der Waals surface area contributed by atoms with Crippen LogP contribution in [0.4, 0.5) is 0 Å². The molecule has 1 aromatic carbocycles. The maximum Gasteiger partial charge on any atom is 0.247 e. The van der Waals surface area contributed by atoms with Crippen LogP contribution in [0.3, 0.4) is 0 Å². The quantitative estimate of drug-likeness (QED) is 0.813. The van der Waals surface area contributed by atoms with Crippen molar-refractivity contribution < 1.29 is 19.4 Å². The molecule has 0 aromatic heterocycles. The van der Waals surface area contributed by atoms with Crippen LogP contribution in [-0.2, 0) is 4.79 Å². The van der Waals surface area contributed by atoms with Gasteiger partial charge >= 0.3 is 0 Å². The summed E-state index contributed by atoms with van der Waals surface area (Å²) >= 11 is 0. The monoisotopic (exact) mass is 333 g/mol. The summed E-state index contributed by atoms with van der Waals surface area (Å²) in [6.45, 7) is 2.78. The summed E-state index contributed by atoms with van der Waals surface area (Å²) in [5, 5.41) is 9.21. The minimum Gasteiger partial charge on any atom is -0.497 e. The maximum atomic E-state index is 12.7. The third kappa shape index (κ3) is 4.29. The Morgan fingerprint density at radius 1 is 1.33 bits per heavy atom. The molecule has 132 valence electrons. The molecular weight excluding hydrogens is 306 g/mol. The first-order chi connectivity index (χ1) is 11.6. The van der Waals surface area contributed by atoms with E-state index in [1.807, 2.05) is 30.0 Å². The van der Waals surface area contributed by atoms with Gasteiger partial charge in [-0.25, -0.2) is 0 Å². The Morgan fingerprint density at radius 3 is 2.79 bits per heavy atom. The molecule has 24 heavy (non-hydrogen) atoms. The number of aliphatic hydroxyl groups excluding tert-OH is 1. The molecule has 1 N–H and O–H groups in total. The van der Waals surface area contributed by atoms with Crippen LogP contribution in [-0.4, -0.2) is 49.3 Å². The number of ether oxygens (including phenoxy) is 2. The second-order valence-corrected chi connectivity index (χ2v) is 6.09. The maximum absolute atomic E-state index is 12.7. The number of likely N-dealkylation sites (tertiary alicyclic amines) is 1. The lowest BCUT2D eigenvalue weighted by atomic mass is 9.98. The van der Waals surface area contributed by atoms with Crippen LogP contribution in [0.15, 0.2) is 24.3 Å². The first-order valence-corrected chi connectivity index (χ1v) is 8.43. The van der Waals surface area contributed by atoms with Gasteiger partial charge in [0.05, 0.1) is 14.2 Å². The lowest BCUT2D eigenvalue weighted by Crippen LogP contribution is -2.43. The number of rotatable bonds is 6. The zero-order valence-corrected chi connectivity index (χ0v) is 14.7. The standard InChI is InChI=1S/C19H27NO4/c1-14(17-8-7-16(23-2)13-18(17)24-3)12-19(22)20-10-5-4-6-15(20)9-11-21/h7-8,12-13,15,21H,4-6,9-11H2,1-3H3/b14-12+. The Kier molecular flexibility index (Phi) is 6.67. The van der Waals surface area contributed by atoms with Gasteiger partial charge in [-0.3, -0.25) is 4.79 Å². The van der Waals surface area contributed by atoms with E-state index >= 15 is 0 Å². The van der Waals surface area contributed by atoms with Gasteiger partial charge in [0, 0.05) is 36.9 Å². The van der Waals surface area contributed by atoms with Crippen LogP contribution in [0, 0.1) is 0 Å². The molecule has 1 atom stereocenters. The summed E-state index contributed by atoms with van der Waals surface area (Å²) in [6, 6.07) is 5.71. The Balaban J connectivity index is 2.21. The van der Waals surface area contributed by atoms with Crippen molar-refractivity contribution in [1.29, 1.82) is 0 Å². The summed E-state index contributed by atoms with van der Waals surface area (Å²) < 4.78 is 10.6. The van der Waals surface area contributed by atoms with Gasteiger partial charge in [0.1, 0.15) is 11.5 Å². The molecule has 1 aliphatic rings. The molecule has 1 fully saturated rings. The highest BCUT2D eigenvalue weighted by atomic mass is 16.5. The number of aliphatic hydroxyl groups is 1. The molecule has 2 rings (SSSR count). The first kappa shape index (κ1) is 18.3. The second-order valence-electron chi connectivity index (χ2n) is 6.09. The SMILES string of the molecule is COc1ccc(/C(C)=C/C(=O)N2CCCCC2CCO)c(OC)c1. The number of methoxy groups -OCH3 is 2. The van der Waals surface area contributed by atoms with Gasteiger partial charge in [-0.05, 0) is 50.3 Å². The summed E-state index contributed by atoms with van der Waals surface area (Å²) in [5.41, 5.74) is 1.73. The Morgan fingerprint density at radius 2 is 2.12 bits per heavy atom. The van der Waals surface area contributed by atoms with Gasteiger partial charge in [-0.1, -0.05) is 0 Å². The predicted octanol–water partition coefficient (Wildman–Crippen LogP) is 2.87. The summed E-state index contributed by atoms with van der Waals surface area (Å²) in [5.74, 6) is 1.40. The van der Waals surface area contributed by atoms with Crippen LogP contribution < -0.4 is 9.47 Å². The Bertz CT molecular complexity index is 595. The average molecular weight is 333 g/mol. The van der Waals surface area contributed by atoms with E-state index in [0.29, 0.717) is 17.9 Å². The van der Waals surface area contributed by atoms with E-state index in [4.69, 9.17) is 9.47 Å². The number of hydrogen-bond acceptors (Lipinski definition) is 4. The van der Waals surface area contributed by atoms with Gasteiger partial charge in [-0.2, -0.15) is 0 Å². The van der Waals surface area contributed by atoms with E-state index in [9.17, 15) is 9.90 Å². The average Bonchev–Trinajstić information content (AvgIpc) is 2.61. The fourth-order valence-corrected chi connectivity index (χ4v) is 3.21. The fourth-order valence-electron chi connectivity index (χ4n) is 3.21. The smallest absolute Gasteiger partial charge is 0.247 e. The molecule has 1 amide bonds. The summed E-state index contributed by atoms with van der Waals surface area (Å²) in [4.78, 5) is 14.6. The van der Waals surface area contributed by atoms with Crippen molar-refractivity contribution in [1.82, 2.24) is 4.90 Å². The summed E-state index contributed by atoms with van der Waals surface area (Å²) in [7, 11) is 3.22. The number of amides is 1. The van der Waals surface area contributed by atoms with Crippen LogP contribution in [0.2, 0.25) is 0 Å². The first-order valence-electron chi connectivity index (χ1n) is 8.43. The van der Waals surface area contributed by atoms with Crippen LogP contribution in [0.5, 0.6) is 11.5 Å². The molecule has 1 aliphatic heterocycles.